The Hall–Kier alpha value is -2.92. The van der Waals surface area contributed by atoms with Crippen molar-refractivity contribution in [1.29, 1.82) is 0 Å². The maximum Gasteiger partial charge on any atom is 0.245 e. The van der Waals surface area contributed by atoms with Crippen LogP contribution in [0.25, 0.3) is 31.4 Å². The molecule has 1 amide bonds. The Morgan fingerprint density at radius 1 is 1.30 bits per heavy atom. The van der Waals surface area contributed by atoms with Gasteiger partial charge in [-0.25, -0.2) is 0 Å². The van der Waals surface area contributed by atoms with Crippen LogP contribution in [0.1, 0.15) is 17.0 Å². The van der Waals surface area contributed by atoms with Crippen LogP contribution in [-0.4, -0.2) is 34.1 Å². The molecule has 1 saturated heterocycles. The first-order valence-corrected chi connectivity index (χ1v) is 9.83. The maximum absolute atomic E-state index is 11.7. The summed E-state index contributed by atoms with van der Waals surface area (Å²) < 4.78 is 1.29. The Bertz CT molecular complexity index is 1200. The highest BCUT2D eigenvalue weighted by Gasteiger charge is 2.30. The van der Waals surface area contributed by atoms with Crippen LogP contribution in [0.5, 0.6) is 0 Å². The standard InChI is InChI=1S/C22H19N3OS/c1-3-21(26)25-11-16(12-25)14-5-6-15-9-20(27-19(15)8-14)22-13(2)4-7-18-17(22)10-23-24-18/h3-10,16H,1,11-12H2,2H3,(H,23,24). The lowest BCUT2D eigenvalue weighted by molar-refractivity contribution is -0.130. The fourth-order valence-corrected chi connectivity index (χ4v) is 5.11. The highest BCUT2D eigenvalue weighted by molar-refractivity contribution is 7.22. The van der Waals surface area contributed by atoms with Crippen LogP contribution in [-0.2, 0) is 4.79 Å². The fourth-order valence-electron chi connectivity index (χ4n) is 3.88. The van der Waals surface area contributed by atoms with Crippen LogP contribution in [0.2, 0.25) is 0 Å². The average molecular weight is 373 g/mol. The fraction of sp³-hybridized carbons (Fsp3) is 0.182. The van der Waals surface area contributed by atoms with E-state index in [2.05, 4.69) is 60.1 Å². The van der Waals surface area contributed by atoms with E-state index in [1.165, 1.54) is 43.1 Å². The third kappa shape index (κ3) is 2.58. The van der Waals surface area contributed by atoms with E-state index in [-0.39, 0.29) is 5.91 Å². The summed E-state index contributed by atoms with van der Waals surface area (Å²) in [6, 6.07) is 13.2. The van der Waals surface area contributed by atoms with Gasteiger partial charge < -0.3 is 4.90 Å². The minimum absolute atomic E-state index is 0.0226. The number of rotatable bonds is 3. The molecule has 0 unspecified atom stereocenters. The predicted octanol–water partition coefficient (Wildman–Crippen LogP) is 4.86. The van der Waals surface area contributed by atoms with Crippen molar-refractivity contribution in [2.24, 2.45) is 0 Å². The van der Waals surface area contributed by atoms with Gasteiger partial charge in [0.1, 0.15) is 0 Å². The Morgan fingerprint density at radius 3 is 2.96 bits per heavy atom. The number of aromatic nitrogens is 2. The highest BCUT2D eigenvalue weighted by atomic mass is 32.1. The van der Waals surface area contributed by atoms with E-state index in [1.807, 2.05) is 22.4 Å². The number of hydrogen-bond donors (Lipinski definition) is 1. The summed E-state index contributed by atoms with van der Waals surface area (Å²) in [6.45, 7) is 7.27. The van der Waals surface area contributed by atoms with Gasteiger partial charge in [0, 0.05) is 39.5 Å². The van der Waals surface area contributed by atoms with Crippen LogP contribution in [0.3, 0.4) is 0 Å². The van der Waals surface area contributed by atoms with Crippen molar-refractivity contribution in [3.63, 3.8) is 0 Å². The first kappa shape index (κ1) is 16.3. The molecule has 0 saturated carbocycles. The number of carbonyl (C=O) groups excluding carboxylic acids is 1. The number of aryl methyl sites for hydroxylation is 1. The Morgan fingerprint density at radius 2 is 2.15 bits per heavy atom. The molecule has 0 spiro atoms. The average Bonchev–Trinajstić information content (AvgIpc) is 3.26. The molecule has 4 nitrogen and oxygen atoms in total. The summed E-state index contributed by atoms with van der Waals surface area (Å²) in [5, 5.41) is 9.70. The molecule has 3 heterocycles. The molecule has 0 radical (unpaired) electrons. The summed E-state index contributed by atoms with van der Waals surface area (Å²) in [6.07, 6.45) is 3.30. The molecule has 134 valence electrons. The summed E-state index contributed by atoms with van der Waals surface area (Å²) >= 11 is 1.82. The number of fused-ring (bicyclic) bond motifs is 2. The molecule has 1 aliphatic rings. The normalized spacial score (nSPS) is 14.6. The van der Waals surface area contributed by atoms with Gasteiger partial charge in [-0.3, -0.25) is 9.89 Å². The molecule has 2 aromatic carbocycles. The van der Waals surface area contributed by atoms with Gasteiger partial charge in [-0.05, 0) is 47.7 Å². The SMILES string of the molecule is C=CC(=O)N1CC(c2ccc3cc(-c4c(C)ccc5[nH]ncc45)sc3c2)C1. The van der Waals surface area contributed by atoms with Crippen LogP contribution >= 0.6 is 11.3 Å². The number of H-pyrrole nitrogens is 1. The Balaban J connectivity index is 1.51. The molecule has 27 heavy (non-hydrogen) atoms. The first-order chi connectivity index (χ1) is 13.1. The molecule has 0 atom stereocenters. The van der Waals surface area contributed by atoms with E-state index < -0.39 is 0 Å². The van der Waals surface area contributed by atoms with Gasteiger partial charge in [-0.15, -0.1) is 11.3 Å². The third-order valence-electron chi connectivity index (χ3n) is 5.46. The highest BCUT2D eigenvalue weighted by Crippen LogP contribution is 2.40. The van der Waals surface area contributed by atoms with Gasteiger partial charge in [0.15, 0.2) is 0 Å². The van der Waals surface area contributed by atoms with Crippen molar-refractivity contribution in [2.75, 3.05) is 13.1 Å². The number of carbonyl (C=O) groups is 1. The molecule has 4 aromatic rings. The van der Waals surface area contributed by atoms with Gasteiger partial charge in [0.25, 0.3) is 0 Å². The second-order valence-electron chi connectivity index (χ2n) is 7.14. The first-order valence-electron chi connectivity index (χ1n) is 9.02. The molecule has 0 aliphatic carbocycles. The van der Waals surface area contributed by atoms with Gasteiger partial charge in [-0.2, -0.15) is 5.10 Å². The van der Waals surface area contributed by atoms with Gasteiger partial charge in [0.2, 0.25) is 5.91 Å². The van der Waals surface area contributed by atoms with E-state index in [1.54, 1.807) is 0 Å². The summed E-state index contributed by atoms with van der Waals surface area (Å²) in [5.74, 6) is 0.442. The molecule has 5 rings (SSSR count). The molecule has 0 bridgehead atoms. The number of amides is 1. The van der Waals surface area contributed by atoms with Crippen molar-refractivity contribution >= 4 is 38.2 Å². The van der Waals surface area contributed by atoms with Crippen molar-refractivity contribution in [3.8, 4) is 10.4 Å². The quantitative estimate of drug-likeness (QED) is 0.521. The zero-order chi connectivity index (χ0) is 18.5. The lowest BCUT2D eigenvalue weighted by Gasteiger charge is -2.39. The zero-order valence-corrected chi connectivity index (χ0v) is 15.8. The van der Waals surface area contributed by atoms with Crippen LogP contribution in [0.15, 0.2) is 55.3 Å². The molecular weight excluding hydrogens is 354 g/mol. The van der Waals surface area contributed by atoms with Crippen LogP contribution in [0, 0.1) is 6.92 Å². The smallest absolute Gasteiger partial charge is 0.245 e. The summed E-state index contributed by atoms with van der Waals surface area (Å²) in [4.78, 5) is 14.8. The minimum atomic E-state index is 0.0226. The Kier molecular flexibility index (Phi) is 3.65. The number of benzene rings is 2. The number of likely N-dealkylation sites (tertiary alicyclic amines) is 1. The van der Waals surface area contributed by atoms with E-state index in [9.17, 15) is 4.79 Å². The molecule has 1 fully saturated rings. The predicted molar refractivity (Wildman–Crippen MR) is 111 cm³/mol. The molecule has 5 heteroatoms. The van der Waals surface area contributed by atoms with Gasteiger partial charge in [-0.1, -0.05) is 24.8 Å². The third-order valence-corrected chi connectivity index (χ3v) is 6.58. The maximum atomic E-state index is 11.7. The minimum Gasteiger partial charge on any atom is -0.338 e. The van der Waals surface area contributed by atoms with Crippen molar-refractivity contribution in [2.45, 2.75) is 12.8 Å². The van der Waals surface area contributed by atoms with E-state index in [0.29, 0.717) is 5.92 Å². The van der Waals surface area contributed by atoms with Crippen LogP contribution < -0.4 is 0 Å². The molecule has 1 N–H and O–H groups in total. The van der Waals surface area contributed by atoms with Gasteiger partial charge >= 0.3 is 0 Å². The number of hydrogen-bond acceptors (Lipinski definition) is 3. The molecular formula is C22H19N3OS. The number of thiophene rings is 1. The van der Waals surface area contributed by atoms with Crippen molar-refractivity contribution in [1.82, 2.24) is 15.1 Å². The van der Waals surface area contributed by atoms with E-state index >= 15 is 0 Å². The lowest BCUT2D eigenvalue weighted by Crippen LogP contribution is -2.47. The lowest BCUT2D eigenvalue weighted by atomic mass is 9.91. The van der Waals surface area contributed by atoms with Crippen LogP contribution in [0.4, 0.5) is 0 Å². The number of nitrogens with zero attached hydrogens (tertiary/aromatic N) is 2. The monoisotopic (exact) mass is 373 g/mol. The number of nitrogens with one attached hydrogen (secondary N) is 1. The molecule has 1 aliphatic heterocycles. The van der Waals surface area contributed by atoms with Crippen molar-refractivity contribution in [3.05, 3.63) is 66.4 Å². The second kappa shape index (κ2) is 6.06. The second-order valence-corrected chi connectivity index (χ2v) is 8.22. The van der Waals surface area contributed by atoms with E-state index in [4.69, 9.17) is 0 Å². The topological polar surface area (TPSA) is 49.0 Å². The number of aromatic amines is 1. The zero-order valence-electron chi connectivity index (χ0n) is 15.0. The van der Waals surface area contributed by atoms with Gasteiger partial charge in [0.05, 0.1) is 11.7 Å². The van der Waals surface area contributed by atoms with Crippen molar-refractivity contribution < 1.29 is 4.79 Å². The largest absolute Gasteiger partial charge is 0.338 e. The summed E-state index contributed by atoms with van der Waals surface area (Å²) in [5.41, 5.74) is 4.89. The van der Waals surface area contributed by atoms with E-state index in [0.717, 1.165) is 18.6 Å². The molecule has 2 aromatic heterocycles. The Labute approximate surface area is 161 Å². The summed E-state index contributed by atoms with van der Waals surface area (Å²) in [7, 11) is 0.